The zero-order valence-electron chi connectivity index (χ0n) is 24.2. The second-order valence-electron chi connectivity index (χ2n) is 10.9. The molecule has 1 saturated heterocycles. The molecule has 0 bridgehead atoms. The molecule has 3 aromatic carbocycles. The summed E-state index contributed by atoms with van der Waals surface area (Å²) < 4.78 is 64.3. The maximum absolute atomic E-state index is 15.7. The molecule has 45 heavy (non-hydrogen) atoms. The van der Waals surface area contributed by atoms with Crippen molar-refractivity contribution in [2.24, 2.45) is 0 Å². The minimum atomic E-state index is -1.10. The number of halogens is 4. The number of methoxy groups -OCH3 is 1. The van der Waals surface area contributed by atoms with Crippen molar-refractivity contribution in [3.05, 3.63) is 112 Å². The Balaban J connectivity index is 1.32. The van der Waals surface area contributed by atoms with Crippen molar-refractivity contribution in [3.63, 3.8) is 0 Å². The molecule has 1 aliphatic rings. The monoisotopic (exact) mass is 637 g/mol. The molecule has 2 atom stereocenters. The fraction of sp³-hybridized carbons (Fsp3) is 0.242. The highest BCUT2D eigenvalue weighted by molar-refractivity contribution is 6.30. The predicted octanol–water partition coefficient (Wildman–Crippen LogP) is 7.01. The van der Waals surface area contributed by atoms with Crippen molar-refractivity contribution in [1.82, 2.24) is 14.5 Å². The number of fused-ring (bicyclic) bond motifs is 1. The average Bonchev–Trinajstić information content (AvgIpc) is 3.57. The Labute approximate surface area is 261 Å². The minimum absolute atomic E-state index is 0.0370. The molecule has 12 heteroatoms. The summed E-state index contributed by atoms with van der Waals surface area (Å²) in [4.78, 5) is 20.7. The zero-order valence-corrected chi connectivity index (χ0v) is 24.9. The van der Waals surface area contributed by atoms with Crippen molar-refractivity contribution >= 4 is 28.6 Å². The van der Waals surface area contributed by atoms with Crippen LogP contribution in [0.1, 0.15) is 40.3 Å². The molecule has 2 aromatic heterocycles. The van der Waals surface area contributed by atoms with Crippen molar-refractivity contribution < 1.29 is 37.3 Å². The summed E-state index contributed by atoms with van der Waals surface area (Å²) in [6.45, 7) is 2.27. The number of imidazole rings is 1. The van der Waals surface area contributed by atoms with Crippen LogP contribution in [0, 0.1) is 17.5 Å². The van der Waals surface area contributed by atoms with Gasteiger partial charge in [-0.25, -0.2) is 27.9 Å². The van der Waals surface area contributed by atoms with Crippen molar-refractivity contribution in [2.75, 3.05) is 20.3 Å². The van der Waals surface area contributed by atoms with Crippen LogP contribution in [0.2, 0.25) is 5.02 Å². The van der Waals surface area contributed by atoms with Gasteiger partial charge in [0.25, 0.3) is 0 Å². The fourth-order valence-corrected chi connectivity index (χ4v) is 5.62. The number of ether oxygens (including phenoxy) is 3. The first-order chi connectivity index (χ1) is 21.6. The first kappa shape index (κ1) is 30.6. The lowest BCUT2D eigenvalue weighted by atomic mass is 9.99. The number of hydrogen-bond acceptors (Lipinski definition) is 6. The van der Waals surface area contributed by atoms with Crippen molar-refractivity contribution in [2.45, 2.75) is 31.6 Å². The van der Waals surface area contributed by atoms with Crippen LogP contribution in [-0.2, 0) is 22.5 Å². The lowest BCUT2D eigenvalue weighted by Gasteiger charge is -2.30. The van der Waals surface area contributed by atoms with Gasteiger partial charge in [0, 0.05) is 35.7 Å². The normalized spacial score (nSPS) is 18.0. The van der Waals surface area contributed by atoms with E-state index in [9.17, 15) is 14.3 Å². The van der Waals surface area contributed by atoms with Gasteiger partial charge < -0.3 is 23.9 Å². The number of benzene rings is 3. The largest absolute Gasteiger partial charge is 0.478 e. The van der Waals surface area contributed by atoms with E-state index in [2.05, 4.69) is 9.97 Å². The minimum Gasteiger partial charge on any atom is -0.478 e. The lowest BCUT2D eigenvalue weighted by molar-refractivity contribution is -0.0218. The van der Waals surface area contributed by atoms with Gasteiger partial charge in [0.15, 0.2) is 0 Å². The summed E-state index contributed by atoms with van der Waals surface area (Å²) in [5.74, 6) is -2.57. The number of aromatic nitrogens is 3. The number of nitrogens with zero attached hydrogens (tertiary/aromatic N) is 3. The second kappa shape index (κ2) is 12.2. The van der Waals surface area contributed by atoms with Crippen molar-refractivity contribution in [3.8, 4) is 17.1 Å². The highest BCUT2D eigenvalue weighted by atomic mass is 35.5. The van der Waals surface area contributed by atoms with E-state index in [0.717, 1.165) is 12.1 Å². The quantitative estimate of drug-likeness (QED) is 0.186. The maximum Gasteiger partial charge on any atom is 0.335 e. The fourth-order valence-electron chi connectivity index (χ4n) is 5.46. The number of hydrogen-bond donors (Lipinski definition) is 1. The number of carboxylic acids is 1. The molecular formula is C33H27ClF3N3O5. The Hall–Kier alpha value is -4.45. The van der Waals surface area contributed by atoms with E-state index >= 15 is 8.78 Å². The second-order valence-corrected chi connectivity index (χ2v) is 11.4. The van der Waals surface area contributed by atoms with Crippen LogP contribution >= 0.6 is 11.6 Å². The third kappa shape index (κ3) is 5.98. The molecule has 0 saturated carbocycles. The van der Waals surface area contributed by atoms with Crippen LogP contribution in [0.25, 0.3) is 22.3 Å². The van der Waals surface area contributed by atoms with E-state index < -0.39 is 35.1 Å². The highest BCUT2D eigenvalue weighted by Gasteiger charge is 2.43. The van der Waals surface area contributed by atoms with Crippen LogP contribution in [-0.4, -0.2) is 51.5 Å². The zero-order chi connectivity index (χ0) is 31.9. The summed E-state index contributed by atoms with van der Waals surface area (Å²) in [5, 5.41) is 9.85. The smallest absolute Gasteiger partial charge is 0.335 e. The first-order valence-electron chi connectivity index (χ1n) is 14.0. The third-order valence-corrected chi connectivity index (χ3v) is 8.27. The number of carbonyl (C=O) groups is 1. The van der Waals surface area contributed by atoms with Crippen LogP contribution in [0.3, 0.4) is 0 Å². The molecule has 0 unspecified atom stereocenters. The standard InChI is InChI=1S/C33H27ClF3N3O5/c1-33(43-2)17-44-16-29(33)40-28-11-18(32(41)42)7-9-27(28)38-30(40)12-20-10-25(37)22(14-24(20)36)26-4-3-5-31(39-26)45-15-19-6-8-21(34)13-23(19)35/h3-11,13-14,29H,12,15-17H2,1-2H3,(H,41,42)/t29-,33+/m0/s1. The summed E-state index contributed by atoms with van der Waals surface area (Å²) >= 11 is 5.80. The molecule has 5 aromatic rings. The Kier molecular flexibility index (Phi) is 8.25. The number of aromatic carboxylic acids is 1. The summed E-state index contributed by atoms with van der Waals surface area (Å²) in [7, 11) is 1.56. The molecule has 1 fully saturated rings. The molecule has 0 spiro atoms. The first-order valence-corrected chi connectivity index (χ1v) is 14.3. The predicted molar refractivity (Wildman–Crippen MR) is 160 cm³/mol. The molecule has 1 aliphatic heterocycles. The Bertz CT molecular complexity index is 1930. The molecule has 0 radical (unpaired) electrons. The van der Waals surface area contributed by atoms with E-state index in [0.29, 0.717) is 16.9 Å². The molecule has 1 N–H and O–H groups in total. The Morgan fingerprint density at radius 3 is 2.60 bits per heavy atom. The molecule has 3 heterocycles. The SMILES string of the molecule is CO[C@]1(C)COC[C@@H]1n1c(Cc2cc(F)c(-c3cccc(OCc4ccc(Cl)cc4F)n3)cc2F)nc2ccc(C(=O)O)cc21. The van der Waals surface area contributed by atoms with Crippen LogP contribution in [0.4, 0.5) is 13.2 Å². The molecule has 232 valence electrons. The summed E-state index contributed by atoms with van der Waals surface area (Å²) in [6.07, 6.45) is -0.0976. The van der Waals surface area contributed by atoms with Gasteiger partial charge in [-0.15, -0.1) is 0 Å². The average molecular weight is 638 g/mol. The van der Waals surface area contributed by atoms with Gasteiger partial charge in [-0.3, -0.25) is 0 Å². The van der Waals surface area contributed by atoms with Gasteiger partial charge in [-0.1, -0.05) is 23.7 Å². The molecular weight excluding hydrogens is 611 g/mol. The summed E-state index contributed by atoms with van der Waals surface area (Å²) in [5.41, 5.74) is 0.635. The maximum atomic E-state index is 15.7. The molecule has 0 amide bonds. The Morgan fingerprint density at radius 2 is 1.84 bits per heavy atom. The van der Waals surface area contributed by atoms with E-state index in [4.69, 9.17) is 25.8 Å². The molecule has 8 nitrogen and oxygen atoms in total. The number of pyridine rings is 1. The Morgan fingerprint density at radius 1 is 1.04 bits per heavy atom. The number of carboxylic acid groups (broad SMARTS) is 1. The van der Waals surface area contributed by atoms with Crippen LogP contribution in [0.15, 0.2) is 66.7 Å². The van der Waals surface area contributed by atoms with Crippen LogP contribution in [0.5, 0.6) is 5.88 Å². The molecule has 0 aliphatic carbocycles. The topological polar surface area (TPSA) is 95.7 Å². The van der Waals surface area contributed by atoms with Gasteiger partial charge in [0.05, 0.1) is 41.5 Å². The van der Waals surface area contributed by atoms with Gasteiger partial charge in [-0.2, -0.15) is 0 Å². The highest BCUT2D eigenvalue weighted by Crippen LogP contribution is 2.37. The summed E-state index contributed by atoms with van der Waals surface area (Å²) in [6, 6.07) is 15.1. The third-order valence-electron chi connectivity index (χ3n) is 8.03. The van der Waals surface area contributed by atoms with Gasteiger partial charge in [0.2, 0.25) is 5.88 Å². The van der Waals surface area contributed by atoms with Gasteiger partial charge >= 0.3 is 5.97 Å². The van der Waals surface area contributed by atoms with Crippen molar-refractivity contribution in [1.29, 1.82) is 0 Å². The molecule has 6 rings (SSSR count). The van der Waals surface area contributed by atoms with E-state index in [1.165, 1.54) is 42.5 Å². The van der Waals surface area contributed by atoms with Gasteiger partial charge in [0.1, 0.15) is 35.5 Å². The lowest BCUT2D eigenvalue weighted by Crippen LogP contribution is -2.38. The number of rotatable bonds is 9. The van der Waals surface area contributed by atoms with Crippen LogP contribution < -0.4 is 4.74 Å². The van der Waals surface area contributed by atoms with E-state index in [1.54, 1.807) is 23.8 Å². The van der Waals surface area contributed by atoms with Gasteiger partial charge in [-0.05, 0) is 61.0 Å². The van der Waals surface area contributed by atoms with E-state index in [-0.39, 0.29) is 65.1 Å². The van der Waals surface area contributed by atoms with E-state index in [1.807, 2.05) is 6.92 Å².